The van der Waals surface area contributed by atoms with Crippen molar-refractivity contribution in [1.82, 2.24) is 10.8 Å². The number of carbonyl (C=O) groups is 2. The predicted molar refractivity (Wildman–Crippen MR) is 98.3 cm³/mol. The summed E-state index contributed by atoms with van der Waals surface area (Å²) in [6.45, 7) is 0.590. The van der Waals surface area contributed by atoms with E-state index in [-0.39, 0.29) is 18.3 Å². The summed E-state index contributed by atoms with van der Waals surface area (Å²) in [5, 5.41) is 20.2. The zero-order chi connectivity index (χ0) is 18.8. The van der Waals surface area contributed by atoms with E-state index in [4.69, 9.17) is 9.94 Å². The Labute approximate surface area is 154 Å². The summed E-state index contributed by atoms with van der Waals surface area (Å²) in [5.41, 5.74) is 2.10. The minimum Gasteiger partial charge on any atom is -0.507 e. The van der Waals surface area contributed by atoms with E-state index < -0.39 is 5.24 Å². The minimum atomic E-state index is -0.571. The SMILES string of the molecule is O=C(/C=C/c1ccccc1O)NCCOc1ccc(SC(=O)NO)cc1. The normalized spacial score (nSPS) is 10.5. The lowest BCUT2D eigenvalue weighted by Crippen LogP contribution is -2.26. The molecule has 0 heterocycles. The molecule has 2 aromatic carbocycles. The second-order valence-electron chi connectivity index (χ2n) is 5.00. The molecule has 8 heteroatoms. The van der Waals surface area contributed by atoms with E-state index in [0.29, 0.717) is 22.8 Å². The minimum absolute atomic E-state index is 0.109. The fourth-order valence-corrected chi connectivity index (χ4v) is 2.46. The predicted octanol–water partition coefficient (Wildman–Crippen LogP) is 2.79. The van der Waals surface area contributed by atoms with Crippen LogP contribution in [0.2, 0.25) is 0 Å². The molecule has 7 nitrogen and oxygen atoms in total. The zero-order valence-electron chi connectivity index (χ0n) is 13.7. The number of nitrogens with one attached hydrogen (secondary N) is 2. The molecule has 0 bridgehead atoms. The summed E-state index contributed by atoms with van der Waals surface area (Å²) in [6.07, 6.45) is 2.87. The van der Waals surface area contributed by atoms with Gasteiger partial charge < -0.3 is 15.2 Å². The molecule has 4 N–H and O–H groups in total. The maximum absolute atomic E-state index is 11.7. The fourth-order valence-electron chi connectivity index (χ4n) is 1.93. The lowest BCUT2D eigenvalue weighted by atomic mass is 10.2. The van der Waals surface area contributed by atoms with Gasteiger partial charge in [0, 0.05) is 16.5 Å². The van der Waals surface area contributed by atoms with E-state index in [1.807, 2.05) is 0 Å². The molecular formula is C18H18N2O5S. The number of ether oxygens (including phenoxy) is 1. The number of thioether (sulfide) groups is 1. The van der Waals surface area contributed by atoms with Gasteiger partial charge in [-0.15, -0.1) is 0 Å². The molecule has 0 radical (unpaired) electrons. The van der Waals surface area contributed by atoms with Crippen molar-refractivity contribution >= 4 is 29.0 Å². The van der Waals surface area contributed by atoms with Crippen molar-refractivity contribution in [2.75, 3.05) is 13.2 Å². The third-order valence-electron chi connectivity index (χ3n) is 3.15. The molecular weight excluding hydrogens is 356 g/mol. The van der Waals surface area contributed by atoms with Gasteiger partial charge in [0.2, 0.25) is 5.91 Å². The average molecular weight is 374 g/mol. The molecule has 0 atom stereocenters. The van der Waals surface area contributed by atoms with Crippen LogP contribution in [-0.4, -0.2) is 34.6 Å². The van der Waals surface area contributed by atoms with E-state index in [2.05, 4.69) is 5.32 Å². The molecule has 0 spiro atoms. The summed E-state index contributed by atoms with van der Waals surface area (Å²) in [6, 6.07) is 13.5. The van der Waals surface area contributed by atoms with Gasteiger partial charge in [-0.2, -0.15) is 0 Å². The summed E-state index contributed by atoms with van der Waals surface area (Å²) in [7, 11) is 0. The molecule has 0 fully saturated rings. The molecule has 136 valence electrons. The number of aromatic hydroxyl groups is 1. The Morgan fingerprint density at radius 1 is 1.12 bits per heavy atom. The van der Waals surface area contributed by atoms with Crippen LogP contribution >= 0.6 is 11.8 Å². The van der Waals surface area contributed by atoms with Crippen molar-refractivity contribution in [1.29, 1.82) is 0 Å². The van der Waals surface area contributed by atoms with Crippen LogP contribution in [0.3, 0.4) is 0 Å². The second-order valence-corrected chi connectivity index (χ2v) is 6.05. The Kier molecular flexibility index (Phi) is 7.53. The lowest BCUT2D eigenvalue weighted by Gasteiger charge is -2.07. The van der Waals surface area contributed by atoms with Gasteiger partial charge in [-0.3, -0.25) is 14.8 Å². The number of benzene rings is 2. The number of rotatable bonds is 7. The Morgan fingerprint density at radius 3 is 2.54 bits per heavy atom. The Bertz CT molecular complexity index is 777. The molecule has 0 aliphatic rings. The number of carbonyl (C=O) groups excluding carboxylic acids is 2. The van der Waals surface area contributed by atoms with Gasteiger partial charge >= 0.3 is 5.24 Å². The fraction of sp³-hybridized carbons (Fsp3) is 0.111. The number of phenols is 1. The highest BCUT2D eigenvalue weighted by Crippen LogP contribution is 2.21. The third kappa shape index (κ3) is 6.50. The van der Waals surface area contributed by atoms with Crippen molar-refractivity contribution in [2.24, 2.45) is 0 Å². The van der Waals surface area contributed by atoms with Gasteiger partial charge in [-0.05, 0) is 48.2 Å². The third-order valence-corrected chi connectivity index (χ3v) is 3.93. The first-order valence-corrected chi connectivity index (χ1v) is 8.49. The smallest absolute Gasteiger partial charge is 0.307 e. The summed E-state index contributed by atoms with van der Waals surface area (Å²) < 4.78 is 5.49. The van der Waals surface area contributed by atoms with E-state index in [9.17, 15) is 14.7 Å². The van der Waals surface area contributed by atoms with Crippen LogP contribution in [0.25, 0.3) is 6.08 Å². The molecule has 2 amide bonds. The van der Waals surface area contributed by atoms with E-state index >= 15 is 0 Å². The van der Waals surface area contributed by atoms with Crippen LogP contribution in [0.4, 0.5) is 4.79 Å². The van der Waals surface area contributed by atoms with Gasteiger partial charge in [0.25, 0.3) is 0 Å². The molecule has 0 unspecified atom stereocenters. The van der Waals surface area contributed by atoms with E-state index in [0.717, 1.165) is 11.8 Å². The lowest BCUT2D eigenvalue weighted by molar-refractivity contribution is -0.116. The summed E-state index contributed by atoms with van der Waals surface area (Å²) in [4.78, 5) is 23.4. The van der Waals surface area contributed by atoms with Gasteiger partial charge in [0.05, 0.1) is 6.54 Å². The van der Waals surface area contributed by atoms with Crippen LogP contribution in [0.15, 0.2) is 59.5 Å². The first-order valence-electron chi connectivity index (χ1n) is 7.67. The van der Waals surface area contributed by atoms with Crippen molar-refractivity contribution < 1.29 is 24.6 Å². The van der Waals surface area contributed by atoms with Crippen LogP contribution in [0, 0.1) is 0 Å². The van der Waals surface area contributed by atoms with Crippen molar-refractivity contribution in [3.63, 3.8) is 0 Å². The topological polar surface area (TPSA) is 108 Å². The molecule has 0 aromatic heterocycles. The van der Waals surface area contributed by atoms with Crippen molar-refractivity contribution in [3.05, 3.63) is 60.2 Å². The summed E-state index contributed by atoms with van der Waals surface area (Å²) in [5.74, 6) is 0.411. The van der Waals surface area contributed by atoms with Crippen molar-refractivity contribution in [2.45, 2.75) is 4.90 Å². The van der Waals surface area contributed by atoms with Crippen LogP contribution < -0.4 is 15.5 Å². The molecule has 26 heavy (non-hydrogen) atoms. The highest BCUT2D eigenvalue weighted by molar-refractivity contribution is 8.13. The standard InChI is InChI=1S/C18H18N2O5S/c21-16-4-2-1-3-13(16)5-10-17(22)19-11-12-25-14-6-8-15(9-7-14)26-18(23)20-24/h1-10,21,24H,11-12H2,(H,19,22)(H,20,23)/b10-5+. The van der Waals surface area contributed by atoms with Crippen LogP contribution in [0.1, 0.15) is 5.56 Å². The molecule has 0 aliphatic heterocycles. The molecule has 2 aromatic rings. The number of hydrogen-bond acceptors (Lipinski definition) is 6. The van der Waals surface area contributed by atoms with Crippen LogP contribution in [-0.2, 0) is 4.79 Å². The number of amides is 2. The zero-order valence-corrected chi connectivity index (χ0v) is 14.5. The average Bonchev–Trinajstić information content (AvgIpc) is 2.65. The first kappa shape index (κ1) is 19.4. The highest BCUT2D eigenvalue weighted by atomic mass is 32.2. The largest absolute Gasteiger partial charge is 0.507 e. The van der Waals surface area contributed by atoms with Crippen molar-refractivity contribution in [3.8, 4) is 11.5 Å². The number of hydroxylamine groups is 1. The molecule has 2 rings (SSSR count). The highest BCUT2D eigenvalue weighted by Gasteiger charge is 2.03. The molecule has 0 saturated heterocycles. The second kappa shape index (κ2) is 10.1. The number of para-hydroxylation sites is 1. The van der Waals surface area contributed by atoms with E-state index in [1.165, 1.54) is 17.6 Å². The van der Waals surface area contributed by atoms with Crippen LogP contribution in [0.5, 0.6) is 11.5 Å². The number of hydrogen-bond donors (Lipinski definition) is 4. The van der Waals surface area contributed by atoms with E-state index in [1.54, 1.807) is 48.5 Å². The Balaban J connectivity index is 1.70. The quantitative estimate of drug-likeness (QED) is 0.195. The molecule has 0 saturated carbocycles. The van der Waals surface area contributed by atoms with Gasteiger partial charge in [0.15, 0.2) is 0 Å². The maximum Gasteiger partial charge on any atom is 0.307 e. The first-order chi connectivity index (χ1) is 12.6. The van der Waals surface area contributed by atoms with Gasteiger partial charge in [-0.25, -0.2) is 5.48 Å². The molecule has 0 aliphatic carbocycles. The Hall–Kier alpha value is -2.97. The van der Waals surface area contributed by atoms with Gasteiger partial charge in [-0.1, -0.05) is 18.2 Å². The maximum atomic E-state index is 11.7. The Morgan fingerprint density at radius 2 is 1.85 bits per heavy atom. The number of phenolic OH excluding ortho intramolecular Hbond substituents is 1. The summed E-state index contributed by atoms with van der Waals surface area (Å²) >= 11 is 0.851. The monoisotopic (exact) mass is 374 g/mol. The van der Waals surface area contributed by atoms with Gasteiger partial charge in [0.1, 0.15) is 18.1 Å².